The van der Waals surface area contributed by atoms with E-state index in [1.807, 2.05) is 11.3 Å². The second kappa shape index (κ2) is 6.17. The molecule has 0 spiro atoms. The van der Waals surface area contributed by atoms with Crippen LogP contribution in [0, 0.1) is 13.8 Å². The molecule has 1 heteroatoms. The lowest BCUT2D eigenvalue weighted by Gasteiger charge is -2.13. The molecule has 0 aliphatic carbocycles. The van der Waals surface area contributed by atoms with Crippen LogP contribution in [0.2, 0.25) is 0 Å². The molecule has 1 aromatic heterocycles. The molecule has 0 aliphatic rings. The summed E-state index contributed by atoms with van der Waals surface area (Å²) >= 11 is 1.89. The van der Waals surface area contributed by atoms with Gasteiger partial charge in [0.25, 0.3) is 0 Å². The van der Waals surface area contributed by atoms with Crippen LogP contribution in [0.25, 0.3) is 52.8 Å². The van der Waals surface area contributed by atoms with Crippen molar-refractivity contribution in [2.24, 2.45) is 0 Å². The van der Waals surface area contributed by atoms with E-state index >= 15 is 0 Å². The second-order valence-corrected chi connectivity index (χ2v) is 9.09. The molecule has 0 aliphatic heterocycles. The Balaban J connectivity index is 1.81. The van der Waals surface area contributed by atoms with Gasteiger partial charge < -0.3 is 0 Å². The molecule has 0 unspecified atom stereocenters. The first-order valence-electron chi connectivity index (χ1n) is 10.0. The zero-order chi connectivity index (χ0) is 19.5. The van der Waals surface area contributed by atoms with Crippen LogP contribution >= 0.6 is 11.3 Å². The molecular weight excluding hydrogens is 368 g/mol. The zero-order valence-corrected chi connectivity index (χ0v) is 17.3. The molecule has 0 fully saturated rings. The first-order valence-corrected chi connectivity index (χ1v) is 10.8. The van der Waals surface area contributed by atoms with Crippen LogP contribution in [0.4, 0.5) is 0 Å². The fourth-order valence-electron chi connectivity index (χ4n) is 4.50. The summed E-state index contributed by atoms with van der Waals surface area (Å²) in [4.78, 5) is 1.34. The predicted molar refractivity (Wildman–Crippen MR) is 129 cm³/mol. The van der Waals surface area contributed by atoms with E-state index in [0.29, 0.717) is 0 Å². The molecule has 0 nitrogen and oxygen atoms in total. The highest BCUT2D eigenvalue weighted by molar-refractivity contribution is 7.22. The van der Waals surface area contributed by atoms with Crippen molar-refractivity contribution >= 4 is 53.7 Å². The SMILES string of the molecule is Cc1ccc2ccc3c4cc(C)ccc4c(-c4cc5ccccc5s4)cc3c2c1. The fourth-order valence-corrected chi connectivity index (χ4v) is 5.60. The molecule has 0 amide bonds. The summed E-state index contributed by atoms with van der Waals surface area (Å²) in [6.45, 7) is 4.36. The lowest BCUT2D eigenvalue weighted by Crippen LogP contribution is -1.86. The van der Waals surface area contributed by atoms with Crippen LogP contribution in [0.1, 0.15) is 11.1 Å². The topological polar surface area (TPSA) is 0 Å². The molecule has 0 bridgehead atoms. The fraction of sp³-hybridized carbons (Fsp3) is 0.0714. The van der Waals surface area contributed by atoms with Gasteiger partial charge in [0.2, 0.25) is 0 Å². The van der Waals surface area contributed by atoms with Crippen LogP contribution in [0.15, 0.2) is 84.9 Å². The average molecular weight is 389 g/mol. The first kappa shape index (κ1) is 16.8. The molecule has 6 rings (SSSR count). The van der Waals surface area contributed by atoms with Crippen LogP contribution in [-0.2, 0) is 0 Å². The lowest BCUT2D eigenvalue weighted by molar-refractivity contribution is 1.51. The van der Waals surface area contributed by atoms with E-state index in [4.69, 9.17) is 0 Å². The van der Waals surface area contributed by atoms with Crippen molar-refractivity contribution in [1.29, 1.82) is 0 Å². The summed E-state index contributed by atoms with van der Waals surface area (Å²) in [6, 6.07) is 31.6. The number of benzene rings is 5. The van der Waals surface area contributed by atoms with Crippen LogP contribution in [-0.4, -0.2) is 0 Å². The number of fused-ring (bicyclic) bond motifs is 6. The standard InChI is InChI=1S/C28H20S/c1-17-7-9-19-10-12-21-24-14-18(2)8-11-22(24)26(16-25(21)23(19)13-17)28-15-20-5-3-4-6-27(20)29-28/h3-16H,1-2H3. The number of hydrogen-bond acceptors (Lipinski definition) is 1. The monoisotopic (exact) mass is 388 g/mol. The summed E-state index contributed by atoms with van der Waals surface area (Å²) in [5.41, 5.74) is 3.94. The minimum Gasteiger partial charge on any atom is -0.135 e. The van der Waals surface area contributed by atoms with Gasteiger partial charge in [0.05, 0.1) is 0 Å². The molecular formula is C28H20S. The molecule has 1 heterocycles. The molecule has 138 valence electrons. The Labute approximate surface area is 174 Å². The summed E-state index contributed by atoms with van der Waals surface area (Å²) in [5.74, 6) is 0. The van der Waals surface area contributed by atoms with E-state index < -0.39 is 0 Å². The van der Waals surface area contributed by atoms with Gasteiger partial charge in [-0.2, -0.15) is 0 Å². The van der Waals surface area contributed by atoms with Crippen LogP contribution < -0.4 is 0 Å². The largest absolute Gasteiger partial charge is 0.135 e. The number of thiophene rings is 1. The van der Waals surface area contributed by atoms with Crippen molar-refractivity contribution < 1.29 is 0 Å². The van der Waals surface area contributed by atoms with E-state index in [0.717, 1.165) is 0 Å². The minimum absolute atomic E-state index is 1.30. The summed E-state index contributed by atoms with van der Waals surface area (Å²) in [6.07, 6.45) is 0. The second-order valence-electron chi connectivity index (χ2n) is 8.01. The quantitative estimate of drug-likeness (QED) is 0.247. The first-order chi connectivity index (χ1) is 14.2. The highest BCUT2D eigenvalue weighted by Gasteiger charge is 2.13. The van der Waals surface area contributed by atoms with E-state index in [1.54, 1.807) is 0 Å². The summed E-state index contributed by atoms with van der Waals surface area (Å²) in [7, 11) is 0. The van der Waals surface area contributed by atoms with Gasteiger partial charge in [-0.05, 0) is 69.8 Å². The minimum atomic E-state index is 1.30. The van der Waals surface area contributed by atoms with E-state index in [9.17, 15) is 0 Å². The third kappa shape index (κ3) is 2.58. The van der Waals surface area contributed by atoms with Crippen molar-refractivity contribution in [3.8, 4) is 10.4 Å². The maximum atomic E-state index is 2.42. The molecule has 0 saturated carbocycles. The van der Waals surface area contributed by atoms with Crippen LogP contribution in [0.3, 0.4) is 0 Å². The lowest BCUT2D eigenvalue weighted by atomic mass is 9.92. The van der Waals surface area contributed by atoms with Crippen molar-refractivity contribution in [3.05, 3.63) is 96.1 Å². The van der Waals surface area contributed by atoms with Gasteiger partial charge in [0, 0.05) is 15.1 Å². The Morgan fingerprint density at radius 2 is 1.21 bits per heavy atom. The van der Waals surface area contributed by atoms with Gasteiger partial charge in [0.15, 0.2) is 0 Å². The van der Waals surface area contributed by atoms with E-state index in [1.165, 1.54) is 64.0 Å². The smallest absolute Gasteiger partial charge is 0.0361 e. The maximum Gasteiger partial charge on any atom is 0.0361 e. The van der Waals surface area contributed by atoms with Gasteiger partial charge in [-0.25, -0.2) is 0 Å². The highest BCUT2D eigenvalue weighted by atomic mass is 32.1. The van der Waals surface area contributed by atoms with Crippen molar-refractivity contribution in [3.63, 3.8) is 0 Å². The molecule has 0 atom stereocenters. The molecule has 0 N–H and O–H groups in total. The molecule has 0 radical (unpaired) electrons. The Morgan fingerprint density at radius 3 is 2.07 bits per heavy atom. The summed E-state index contributed by atoms with van der Waals surface area (Å²) < 4.78 is 1.34. The Kier molecular flexibility index (Phi) is 3.57. The average Bonchev–Trinajstić information content (AvgIpc) is 3.17. The summed E-state index contributed by atoms with van der Waals surface area (Å²) in [5, 5.41) is 9.33. The third-order valence-corrected chi connectivity index (χ3v) is 7.10. The molecule has 6 aromatic rings. The van der Waals surface area contributed by atoms with Gasteiger partial charge in [0.1, 0.15) is 0 Å². The highest BCUT2D eigenvalue weighted by Crippen LogP contribution is 2.42. The Hall–Kier alpha value is -3.16. The van der Waals surface area contributed by atoms with Gasteiger partial charge >= 0.3 is 0 Å². The van der Waals surface area contributed by atoms with Crippen LogP contribution in [0.5, 0.6) is 0 Å². The predicted octanol–water partition coefficient (Wildman–Crippen LogP) is 8.64. The van der Waals surface area contributed by atoms with Gasteiger partial charge in [-0.1, -0.05) is 77.9 Å². The molecule has 5 aromatic carbocycles. The van der Waals surface area contributed by atoms with Crippen molar-refractivity contribution in [2.45, 2.75) is 13.8 Å². The molecule has 0 saturated heterocycles. The number of rotatable bonds is 1. The Morgan fingerprint density at radius 1 is 0.517 bits per heavy atom. The van der Waals surface area contributed by atoms with Crippen molar-refractivity contribution in [2.75, 3.05) is 0 Å². The number of hydrogen-bond donors (Lipinski definition) is 0. The normalized spacial score (nSPS) is 11.8. The van der Waals surface area contributed by atoms with Crippen molar-refractivity contribution in [1.82, 2.24) is 0 Å². The Bertz CT molecular complexity index is 1530. The third-order valence-electron chi connectivity index (χ3n) is 5.95. The van der Waals surface area contributed by atoms with E-state index in [-0.39, 0.29) is 0 Å². The van der Waals surface area contributed by atoms with E-state index in [2.05, 4.69) is 98.8 Å². The maximum absolute atomic E-state index is 2.42. The zero-order valence-electron chi connectivity index (χ0n) is 16.5. The van der Waals surface area contributed by atoms with Gasteiger partial charge in [-0.3, -0.25) is 0 Å². The molecule has 29 heavy (non-hydrogen) atoms. The van der Waals surface area contributed by atoms with Gasteiger partial charge in [-0.15, -0.1) is 11.3 Å². The number of aryl methyl sites for hydroxylation is 2.